The zero-order chi connectivity index (χ0) is 14.5. The third-order valence-electron chi connectivity index (χ3n) is 2.65. The van der Waals surface area contributed by atoms with Crippen molar-refractivity contribution in [3.63, 3.8) is 0 Å². The predicted molar refractivity (Wildman–Crippen MR) is 74.3 cm³/mol. The summed E-state index contributed by atoms with van der Waals surface area (Å²) in [5, 5.41) is 11.3. The Morgan fingerprint density at radius 2 is 1.90 bits per heavy atom. The Balaban J connectivity index is 2.15. The quantitative estimate of drug-likeness (QED) is 0.479. The van der Waals surface area contributed by atoms with Crippen LogP contribution in [0, 0.1) is 10.1 Å². The predicted octanol–water partition coefficient (Wildman–Crippen LogP) is 3.64. The summed E-state index contributed by atoms with van der Waals surface area (Å²) in [7, 11) is 0. The summed E-state index contributed by atoms with van der Waals surface area (Å²) in [6.07, 6.45) is 0.728. The highest BCUT2D eigenvalue weighted by Crippen LogP contribution is 2.24. The summed E-state index contributed by atoms with van der Waals surface area (Å²) in [5.41, 5.74) is 0.881. The van der Waals surface area contributed by atoms with Gasteiger partial charge in [-0.3, -0.25) is 14.9 Å². The Bertz CT molecular complexity index is 640. The van der Waals surface area contributed by atoms with Gasteiger partial charge in [0.15, 0.2) is 0 Å². The van der Waals surface area contributed by atoms with Gasteiger partial charge in [0.2, 0.25) is 0 Å². The van der Waals surface area contributed by atoms with Crippen molar-refractivity contribution < 1.29 is 14.5 Å². The molecule has 5 nitrogen and oxygen atoms in total. The maximum absolute atomic E-state index is 10.9. The van der Waals surface area contributed by atoms with Crippen LogP contribution in [0.1, 0.15) is 15.9 Å². The van der Waals surface area contributed by atoms with Crippen molar-refractivity contribution in [2.75, 3.05) is 0 Å². The second kappa shape index (κ2) is 6.16. The van der Waals surface area contributed by atoms with Crippen LogP contribution in [0.2, 0.25) is 5.02 Å². The van der Waals surface area contributed by atoms with Gasteiger partial charge in [0.25, 0.3) is 5.69 Å². The molecule has 0 radical (unpaired) electrons. The average Bonchev–Trinajstić information content (AvgIpc) is 2.45. The highest BCUT2D eigenvalue weighted by atomic mass is 35.5. The van der Waals surface area contributed by atoms with Gasteiger partial charge < -0.3 is 4.74 Å². The second-order valence-corrected chi connectivity index (χ2v) is 4.44. The molecule has 0 aliphatic heterocycles. The fraction of sp³-hybridized carbons (Fsp3) is 0.0714. The Labute approximate surface area is 119 Å². The van der Waals surface area contributed by atoms with E-state index in [1.807, 2.05) is 0 Å². The number of aldehydes is 1. The van der Waals surface area contributed by atoms with E-state index in [1.54, 1.807) is 24.3 Å². The van der Waals surface area contributed by atoms with Crippen LogP contribution >= 0.6 is 11.6 Å². The summed E-state index contributed by atoms with van der Waals surface area (Å²) in [5.74, 6) is 0.518. The molecular formula is C14H10ClNO4. The zero-order valence-corrected chi connectivity index (χ0v) is 11.0. The fourth-order valence-corrected chi connectivity index (χ4v) is 1.85. The lowest BCUT2D eigenvalue weighted by Crippen LogP contribution is -2.00. The van der Waals surface area contributed by atoms with Crippen LogP contribution in [-0.4, -0.2) is 11.2 Å². The molecule has 0 fully saturated rings. The van der Waals surface area contributed by atoms with E-state index in [0.29, 0.717) is 21.9 Å². The first-order chi connectivity index (χ1) is 9.60. The minimum absolute atomic E-state index is 0.0251. The molecule has 6 heteroatoms. The summed E-state index contributed by atoms with van der Waals surface area (Å²) in [6.45, 7) is 0.0251. The van der Waals surface area contributed by atoms with Gasteiger partial charge in [-0.15, -0.1) is 0 Å². The minimum atomic E-state index is -0.482. The van der Waals surface area contributed by atoms with E-state index in [-0.39, 0.29) is 12.3 Å². The number of nitro groups is 1. The number of carbonyl (C=O) groups is 1. The molecule has 2 aromatic rings. The normalized spacial score (nSPS) is 10.1. The van der Waals surface area contributed by atoms with Crippen LogP contribution in [0.15, 0.2) is 42.5 Å². The lowest BCUT2D eigenvalue weighted by Gasteiger charge is -2.07. The SMILES string of the molecule is O=Cc1ccc(OCc2cc(Cl)ccc2[N+](=O)[O-])cc1. The molecule has 0 spiro atoms. The maximum Gasteiger partial charge on any atom is 0.276 e. The van der Waals surface area contributed by atoms with E-state index in [9.17, 15) is 14.9 Å². The molecule has 0 amide bonds. The molecule has 0 N–H and O–H groups in total. The van der Waals surface area contributed by atoms with Crippen LogP contribution in [0.4, 0.5) is 5.69 Å². The topological polar surface area (TPSA) is 69.4 Å². The van der Waals surface area contributed by atoms with E-state index in [0.717, 1.165) is 6.29 Å². The van der Waals surface area contributed by atoms with Crippen molar-refractivity contribution in [2.45, 2.75) is 6.61 Å². The van der Waals surface area contributed by atoms with Gasteiger partial charge >= 0.3 is 0 Å². The van der Waals surface area contributed by atoms with Crippen molar-refractivity contribution in [1.29, 1.82) is 0 Å². The standard InChI is InChI=1S/C14H10ClNO4/c15-12-3-6-14(16(18)19)11(7-12)9-20-13-4-1-10(8-17)2-5-13/h1-8H,9H2. The number of halogens is 1. The van der Waals surface area contributed by atoms with E-state index < -0.39 is 4.92 Å². The Morgan fingerprint density at radius 1 is 1.20 bits per heavy atom. The molecule has 102 valence electrons. The van der Waals surface area contributed by atoms with Crippen LogP contribution in [0.25, 0.3) is 0 Å². The molecule has 2 rings (SSSR count). The molecule has 0 aliphatic rings. The van der Waals surface area contributed by atoms with Gasteiger partial charge in [-0.05, 0) is 36.4 Å². The third kappa shape index (κ3) is 3.33. The molecule has 0 unspecified atom stereocenters. The number of hydrogen-bond acceptors (Lipinski definition) is 4. The molecule has 20 heavy (non-hydrogen) atoms. The number of ether oxygens (including phenoxy) is 1. The molecule has 0 aromatic heterocycles. The molecule has 0 bridgehead atoms. The van der Waals surface area contributed by atoms with E-state index in [1.165, 1.54) is 18.2 Å². The summed E-state index contributed by atoms with van der Waals surface area (Å²) in [6, 6.07) is 10.8. The van der Waals surface area contributed by atoms with Crippen LogP contribution in [0.5, 0.6) is 5.75 Å². The largest absolute Gasteiger partial charge is 0.489 e. The van der Waals surface area contributed by atoms with Gasteiger partial charge in [-0.1, -0.05) is 11.6 Å². The molecule has 0 aliphatic carbocycles. The van der Waals surface area contributed by atoms with Crippen molar-refractivity contribution in [3.8, 4) is 5.75 Å². The first-order valence-corrected chi connectivity index (χ1v) is 6.09. The van der Waals surface area contributed by atoms with E-state index in [4.69, 9.17) is 16.3 Å². The smallest absolute Gasteiger partial charge is 0.276 e. The van der Waals surface area contributed by atoms with Crippen molar-refractivity contribution in [2.24, 2.45) is 0 Å². The Kier molecular flexibility index (Phi) is 4.32. The Morgan fingerprint density at radius 3 is 2.50 bits per heavy atom. The van der Waals surface area contributed by atoms with Crippen LogP contribution in [0.3, 0.4) is 0 Å². The van der Waals surface area contributed by atoms with Crippen LogP contribution < -0.4 is 4.74 Å². The Hall–Kier alpha value is -2.40. The van der Waals surface area contributed by atoms with Crippen molar-refractivity contribution in [3.05, 3.63) is 68.7 Å². The monoisotopic (exact) mass is 291 g/mol. The molecule has 0 heterocycles. The van der Waals surface area contributed by atoms with Crippen molar-refractivity contribution in [1.82, 2.24) is 0 Å². The molecular weight excluding hydrogens is 282 g/mol. The zero-order valence-electron chi connectivity index (χ0n) is 10.3. The summed E-state index contributed by atoms with van der Waals surface area (Å²) < 4.78 is 5.46. The highest BCUT2D eigenvalue weighted by Gasteiger charge is 2.14. The number of benzene rings is 2. The summed E-state index contributed by atoms with van der Waals surface area (Å²) >= 11 is 5.83. The number of carbonyl (C=O) groups excluding carboxylic acids is 1. The molecule has 0 atom stereocenters. The maximum atomic E-state index is 10.9. The van der Waals surface area contributed by atoms with Gasteiger partial charge in [-0.25, -0.2) is 0 Å². The number of rotatable bonds is 5. The minimum Gasteiger partial charge on any atom is -0.489 e. The van der Waals surface area contributed by atoms with E-state index >= 15 is 0 Å². The van der Waals surface area contributed by atoms with Crippen molar-refractivity contribution >= 4 is 23.6 Å². The first-order valence-electron chi connectivity index (χ1n) is 5.71. The molecule has 2 aromatic carbocycles. The molecule has 0 saturated heterocycles. The lowest BCUT2D eigenvalue weighted by molar-refractivity contribution is -0.385. The highest BCUT2D eigenvalue weighted by molar-refractivity contribution is 6.30. The van der Waals surface area contributed by atoms with E-state index in [2.05, 4.69) is 0 Å². The van der Waals surface area contributed by atoms with Gasteiger partial charge in [-0.2, -0.15) is 0 Å². The van der Waals surface area contributed by atoms with Crippen LogP contribution in [-0.2, 0) is 6.61 Å². The van der Waals surface area contributed by atoms with Gasteiger partial charge in [0, 0.05) is 16.7 Å². The number of nitro benzene ring substituents is 1. The number of hydrogen-bond donors (Lipinski definition) is 0. The first kappa shape index (κ1) is 14.0. The number of nitrogens with zero attached hydrogens (tertiary/aromatic N) is 1. The lowest BCUT2D eigenvalue weighted by atomic mass is 10.2. The third-order valence-corrected chi connectivity index (χ3v) is 2.88. The second-order valence-electron chi connectivity index (χ2n) is 4.01. The van der Waals surface area contributed by atoms with Gasteiger partial charge in [0.1, 0.15) is 18.6 Å². The average molecular weight is 292 g/mol. The molecule has 0 saturated carbocycles. The van der Waals surface area contributed by atoms with Gasteiger partial charge in [0.05, 0.1) is 10.5 Å². The fourth-order valence-electron chi connectivity index (χ4n) is 1.65. The summed E-state index contributed by atoms with van der Waals surface area (Å²) in [4.78, 5) is 20.9.